The number of hydrogen-bond donors (Lipinski definition) is 1. The fourth-order valence-corrected chi connectivity index (χ4v) is 3.07. The van der Waals surface area contributed by atoms with E-state index in [4.69, 9.17) is 4.74 Å². The van der Waals surface area contributed by atoms with Crippen molar-refractivity contribution in [3.63, 3.8) is 0 Å². The fraction of sp³-hybridized carbons (Fsp3) is 0.556. The SMILES string of the molecule is CSc1nc(NC(=O)OC(C)(C)C)c(Br)s1. The Hall–Kier alpha value is -0.270. The normalized spacial score (nSPS) is 11.3. The first-order valence-corrected chi connectivity index (χ1v) is 7.35. The van der Waals surface area contributed by atoms with E-state index < -0.39 is 11.7 Å². The van der Waals surface area contributed by atoms with E-state index in [9.17, 15) is 4.79 Å². The molecule has 0 aromatic carbocycles. The number of aromatic nitrogens is 1. The number of amides is 1. The van der Waals surface area contributed by atoms with Gasteiger partial charge in [-0.3, -0.25) is 5.32 Å². The summed E-state index contributed by atoms with van der Waals surface area (Å²) in [7, 11) is 0. The number of rotatable bonds is 2. The lowest BCUT2D eigenvalue weighted by Crippen LogP contribution is -2.27. The van der Waals surface area contributed by atoms with E-state index >= 15 is 0 Å². The highest BCUT2D eigenvalue weighted by atomic mass is 79.9. The summed E-state index contributed by atoms with van der Waals surface area (Å²) in [5.74, 6) is 0.503. The zero-order valence-corrected chi connectivity index (χ0v) is 12.7. The number of ether oxygens (including phenoxy) is 1. The van der Waals surface area contributed by atoms with Crippen molar-refractivity contribution in [3.8, 4) is 0 Å². The Balaban J connectivity index is 2.66. The van der Waals surface area contributed by atoms with Gasteiger partial charge in [0, 0.05) is 0 Å². The summed E-state index contributed by atoms with van der Waals surface area (Å²) in [5.41, 5.74) is -0.505. The molecule has 90 valence electrons. The number of nitrogens with one attached hydrogen (secondary N) is 1. The van der Waals surface area contributed by atoms with Gasteiger partial charge in [0.1, 0.15) is 9.39 Å². The Morgan fingerprint density at radius 1 is 1.56 bits per heavy atom. The van der Waals surface area contributed by atoms with Gasteiger partial charge in [0.05, 0.1) is 0 Å². The summed E-state index contributed by atoms with van der Waals surface area (Å²) >= 11 is 6.34. The van der Waals surface area contributed by atoms with Crippen molar-refractivity contribution in [2.24, 2.45) is 0 Å². The monoisotopic (exact) mass is 324 g/mol. The van der Waals surface area contributed by atoms with E-state index in [1.54, 1.807) is 0 Å². The lowest BCUT2D eigenvalue weighted by molar-refractivity contribution is 0.0635. The second-order valence-corrected chi connectivity index (χ2v) is 7.30. The van der Waals surface area contributed by atoms with Gasteiger partial charge in [0.15, 0.2) is 10.2 Å². The molecule has 1 aromatic heterocycles. The van der Waals surface area contributed by atoms with Crippen LogP contribution < -0.4 is 5.32 Å². The minimum atomic E-state index is -0.505. The molecule has 7 heteroatoms. The van der Waals surface area contributed by atoms with E-state index in [2.05, 4.69) is 26.2 Å². The van der Waals surface area contributed by atoms with Crippen molar-refractivity contribution in [1.29, 1.82) is 0 Å². The van der Waals surface area contributed by atoms with Crippen LogP contribution in [0.3, 0.4) is 0 Å². The van der Waals surface area contributed by atoms with E-state index in [0.717, 1.165) is 8.13 Å². The van der Waals surface area contributed by atoms with E-state index in [-0.39, 0.29) is 0 Å². The number of nitrogens with zero attached hydrogens (tertiary/aromatic N) is 1. The predicted molar refractivity (Wildman–Crippen MR) is 71.5 cm³/mol. The van der Waals surface area contributed by atoms with Gasteiger partial charge in [-0.05, 0) is 43.0 Å². The maximum Gasteiger partial charge on any atom is 0.413 e. The van der Waals surface area contributed by atoms with Crippen molar-refractivity contribution in [2.45, 2.75) is 30.7 Å². The molecular weight excluding hydrogens is 312 g/mol. The highest BCUT2D eigenvalue weighted by molar-refractivity contribution is 9.11. The molecule has 0 saturated heterocycles. The average Bonchev–Trinajstić information content (AvgIpc) is 2.44. The number of anilines is 1. The molecular formula is C9H13BrN2O2S2. The predicted octanol–water partition coefficient (Wildman–Crippen LogP) is 3.97. The molecule has 1 N–H and O–H groups in total. The minimum absolute atomic E-state index is 0.494. The molecule has 0 radical (unpaired) electrons. The molecule has 0 spiro atoms. The van der Waals surface area contributed by atoms with Crippen LogP contribution in [0.1, 0.15) is 20.8 Å². The van der Waals surface area contributed by atoms with Crippen molar-refractivity contribution in [3.05, 3.63) is 3.79 Å². The maximum absolute atomic E-state index is 11.5. The third-order valence-corrected chi connectivity index (χ3v) is 4.05. The van der Waals surface area contributed by atoms with Crippen LogP contribution in [0.2, 0.25) is 0 Å². The van der Waals surface area contributed by atoms with Gasteiger partial charge >= 0.3 is 6.09 Å². The van der Waals surface area contributed by atoms with Gasteiger partial charge in [-0.25, -0.2) is 9.78 Å². The van der Waals surface area contributed by atoms with Gasteiger partial charge < -0.3 is 4.74 Å². The molecule has 1 heterocycles. The summed E-state index contributed by atoms with van der Waals surface area (Å²) in [6.07, 6.45) is 1.44. The molecule has 0 aliphatic rings. The molecule has 0 bridgehead atoms. The Kier molecular flexibility index (Phi) is 4.63. The number of halogens is 1. The first-order chi connectivity index (χ1) is 7.31. The Morgan fingerprint density at radius 3 is 2.62 bits per heavy atom. The molecule has 0 unspecified atom stereocenters. The van der Waals surface area contributed by atoms with Gasteiger partial charge in [-0.2, -0.15) is 0 Å². The lowest BCUT2D eigenvalue weighted by Gasteiger charge is -2.19. The van der Waals surface area contributed by atoms with Crippen molar-refractivity contribution >= 4 is 50.9 Å². The molecule has 0 fully saturated rings. The maximum atomic E-state index is 11.5. The molecule has 1 aromatic rings. The van der Waals surface area contributed by atoms with Gasteiger partial charge in [-0.15, -0.1) is 0 Å². The van der Waals surface area contributed by atoms with E-state index in [1.165, 1.54) is 23.1 Å². The fourth-order valence-electron chi connectivity index (χ4n) is 0.848. The number of hydrogen-bond acceptors (Lipinski definition) is 5. The van der Waals surface area contributed by atoms with Crippen LogP contribution in [-0.2, 0) is 4.74 Å². The van der Waals surface area contributed by atoms with Crippen LogP contribution in [0.5, 0.6) is 0 Å². The highest BCUT2D eigenvalue weighted by Crippen LogP contribution is 2.33. The number of carbonyl (C=O) groups excluding carboxylic acids is 1. The summed E-state index contributed by atoms with van der Waals surface area (Å²) in [6, 6.07) is 0. The summed E-state index contributed by atoms with van der Waals surface area (Å²) in [4.78, 5) is 15.7. The zero-order valence-electron chi connectivity index (χ0n) is 9.46. The topological polar surface area (TPSA) is 51.2 Å². The van der Waals surface area contributed by atoms with Crippen LogP contribution in [0.25, 0.3) is 0 Å². The van der Waals surface area contributed by atoms with Gasteiger partial charge in [-0.1, -0.05) is 23.1 Å². The number of carbonyl (C=O) groups is 1. The second kappa shape index (κ2) is 5.37. The van der Waals surface area contributed by atoms with Crippen LogP contribution in [0.4, 0.5) is 10.6 Å². The van der Waals surface area contributed by atoms with Gasteiger partial charge in [0.25, 0.3) is 0 Å². The van der Waals surface area contributed by atoms with Crippen LogP contribution in [0.15, 0.2) is 8.13 Å². The van der Waals surface area contributed by atoms with Crippen LogP contribution in [0, 0.1) is 0 Å². The highest BCUT2D eigenvalue weighted by Gasteiger charge is 2.18. The standard InChI is InChI=1S/C9H13BrN2O2S2/c1-9(2,3)14-7(13)11-6-5(10)16-8(12-6)15-4/h1-4H3,(H,11,13). The molecule has 0 atom stereocenters. The molecule has 16 heavy (non-hydrogen) atoms. The van der Waals surface area contributed by atoms with Crippen LogP contribution in [-0.4, -0.2) is 22.9 Å². The zero-order chi connectivity index (χ0) is 12.3. The molecule has 4 nitrogen and oxygen atoms in total. The quantitative estimate of drug-likeness (QED) is 0.836. The van der Waals surface area contributed by atoms with Crippen molar-refractivity contribution < 1.29 is 9.53 Å². The van der Waals surface area contributed by atoms with E-state index in [1.807, 2.05) is 27.0 Å². The first kappa shape index (κ1) is 13.8. The average molecular weight is 325 g/mol. The minimum Gasteiger partial charge on any atom is -0.444 e. The number of thiazole rings is 1. The molecule has 1 amide bonds. The smallest absolute Gasteiger partial charge is 0.413 e. The largest absolute Gasteiger partial charge is 0.444 e. The van der Waals surface area contributed by atoms with Crippen molar-refractivity contribution in [1.82, 2.24) is 4.98 Å². The van der Waals surface area contributed by atoms with Gasteiger partial charge in [0.2, 0.25) is 0 Å². The summed E-state index contributed by atoms with van der Waals surface area (Å²) in [6.45, 7) is 5.45. The Labute approximate surface area is 111 Å². The Morgan fingerprint density at radius 2 is 2.19 bits per heavy atom. The Bertz CT molecular complexity index is 387. The lowest BCUT2D eigenvalue weighted by atomic mass is 10.2. The molecule has 0 aliphatic heterocycles. The molecule has 0 aliphatic carbocycles. The molecule has 0 saturated carbocycles. The second-order valence-electron chi connectivity index (χ2n) is 3.93. The summed E-state index contributed by atoms with van der Waals surface area (Å²) in [5, 5.41) is 2.60. The number of thioether (sulfide) groups is 1. The summed E-state index contributed by atoms with van der Waals surface area (Å²) < 4.78 is 6.81. The van der Waals surface area contributed by atoms with E-state index in [0.29, 0.717) is 5.82 Å². The third kappa shape index (κ3) is 4.31. The van der Waals surface area contributed by atoms with Crippen molar-refractivity contribution in [2.75, 3.05) is 11.6 Å². The first-order valence-electron chi connectivity index (χ1n) is 4.52. The molecule has 1 rings (SSSR count). The van der Waals surface area contributed by atoms with Crippen LogP contribution >= 0.6 is 39.0 Å². The third-order valence-electron chi connectivity index (χ3n) is 1.36.